The Labute approximate surface area is 99.2 Å². The van der Waals surface area contributed by atoms with Gasteiger partial charge in [-0.1, -0.05) is 36.7 Å². The van der Waals surface area contributed by atoms with Crippen LogP contribution < -0.4 is 5.32 Å². The van der Waals surface area contributed by atoms with Crippen LogP contribution in [0.1, 0.15) is 18.9 Å². The van der Waals surface area contributed by atoms with Crippen molar-refractivity contribution >= 4 is 17.7 Å². The molecule has 4 nitrogen and oxygen atoms in total. The molecule has 0 aliphatic rings. The molecular weight excluding hydrogens is 230 g/mol. The Morgan fingerprint density at radius 1 is 1.56 bits per heavy atom. The van der Waals surface area contributed by atoms with E-state index < -0.39 is 11.9 Å². The smallest absolute Gasteiger partial charge is 0.409 e. The molecule has 0 spiro atoms. The number of nitrogens with one attached hydrogen (secondary N) is 1. The molecule has 0 aliphatic heterocycles. The van der Waals surface area contributed by atoms with E-state index in [2.05, 4.69) is 5.32 Å². The Kier molecular flexibility index (Phi) is 4.15. The molecule has 88 valence electrons. The predicted octanol–water partition coefficient (Wildman–Crippen LogP) is 2.25. The van der Waals surface area contributed by atoms with Gasteiger partial charge >= 0.3 is 6.09 Å². The topological polar surface area (TPSA) is 58.6 Å². The van der Waals surface area contributed by atoms with Crippen molar-refractivity contribution in [2.24, 2.45) is 0 Å². The number of benzene rings is 1. The molecular formula is C11H14ClNO3. The van der Waals surface area contributed by atoms with E-state index in [1.54, 1.807) is 31.2 Å². The number of rotatable bonds is 3. The molecule has 1 aromatic carbocycles. The van der Waals surface area contributed by atoms with Crippen molar-refractivity contribution in [3.05, 3.63) is 34.9 Å². The van der Waals surface area contributed by atoms with Crippen molar-refractivity contribution in [1.29, 1.82) is 0 Å². The molecule has 5 heteroatoms. The summed E-state index contributed by atoms with van der Waals surface area (Å²) >= 11 is 5.94. The summed E-state index contributed by atoms with van der Waals surface area (Å²) in [5.41, 5.74) is 0.378. The summed E-state index contributed by atoms with van der Waals surface area (Å²) in [6.07, 6.45) is -0.492. The molecule has 0 heterocycles. The van der Waals surface area contributed by atoms with Gasteiger partial charge in [-0.05, 0) is 6.07 Å². The van der Waals surface area contributed by atoms with Crippen LogP contribution in [0.2, 0.25) is 5.02 Å². The number of ether oxygens (including phenoxy) is 1. The predicted molar refractivity (Wildman–Crippen MR) is 61.2 cm³/mol. The van der Waals surface area contributed by atoms with Crippen LogP contribution in [0.25, 0.3) is 0 Å². The van der Waals surface area contributed by atoms with Crippen LogP contribution in [-0.2, 0) is 10.5 Å². The normalized spacial score (nSPS) is 14.0. The Morgan fingerprint density at radius 3 is 2.69 bits per heavy atom. The van der Waals surface area contributed by atoms with E-state index in [1.807, 2.05) is 0 Å². The third kappa shape index (κ3) is 2.65. The minimum absolute atomic E-state index is 0.212. The van der Waals surface area contributed by atoms with Crippen molar-refractivity contribution in [2.45, 2.75) is 19.1 Å². The molecule has 0 unspecified atom stereocenters. The SMILES string of the molecule is CC[C@@](O)(OC(=O)NC)c1ccccc1Cl. The highest BCUT2D eigenvalue weighted by Gasteiger charge is 2.33. The average Bonchev–Trinajstić information content (AvgIpc) is 2.29. The number of carbonyl (C=O) groups excluding carboxylic acids is 1. The fourth-order valence-electron chi connectivity index (χ4n) is 1.30. The molecule has 0 saturated carbocycles. The first-order valence-corrected chi connectivity index (χ1v) is 5.29. The third-order valence-electron chi connectivity index (χ3n) is 2.24. The van der Waals surface area contributed by atoms with Gasteiger partial charge in [-0.25, -0.2) is 4.79 Å². The van der Waals surface area contributed by atoms with Gasteiger partial charge in [0.1, 0.15) is 0 Å². The third-order valence-corrected chi connectivity index (χ3v) is 2.57. The number of alkyl carbamates (subject to hydrolysis) is 1. The highest BCUT2D eigenvalue weighted by Crippen LogP contribution is 2.31. The first-order chi connectivity index (χ1) is 7.53. The summed E-state index contributed by atoms with van der Waals surface area (Å²) < 4.78 is 4.92. The van der Waals surface area contributed by atoms with Crippen LogP contribution in [0, 0.1) is 0 Å². The van der Waals surface area contributed by atoms with Crippen molar-refractivity contribution in [3.63, 3.8) is 0 Å². The monoisotopic (exact) mass is 243 g/mol. The van der Waals surface area contributed by atoms with Crippen molar-refractivity contribution in [2.75, 3.05) is 7.05 Å². The van der Waals surface area contributed by atoms with Gasteiger partial charge in [0, 0.05) is 19.0 Å². The lowest BCUT2D eigenvalue weighted by molar-refractivity contribution is -0.171. The molecule has 0 aromatic heterocycles. The summed E-state index contributed by atoms with van der Waals surface area (Å²) in [5, 5.41) is 12.8. The maximum atomic E-state index is 11.1. The van der Waals surface area contributed by atoms with Crippen LogP contribution in [0.15, 0.2) is 24.3 Å². The zero-order valence-corrected chi connectivity index (χ0v) is 9.91. The van der Waals surface area contributed by atoms with Gasteiger partial charge in [0.25, 0.3) is 0 Å². The van der Waals surface area contributed by atoms with Crippen molar-refractivity contribution in [1.82, 2.24) is 5.32 Å². The van der Waals surface area contributed by atoms with E-state index in [4.69, 9.17) is 16.3 Å². The van der Waals surface area contributed by atoms with Gasteiger partial charge in [-0.3, -0.25) is 0 Å². The van der Waals surface area contributed by atoms with Gasteiger partial charge in [-0.15, -0.1) is 0 Å². The zero-order chi connectivity index (χ0) is 12.2. The van der Waals surface area contributed by atoms with Gasteiger partial charge in [0.2, 0.25) is 5.79 Å². The first-order valence-electron chi connectivity index (χ1n) is 4.91. The Morgan fingerprint density at radius 2 is 2.19 bits per heavy atom. The van der Waals surface area contributed by atoms with Crippen LogP contribution >= 0.6 is 11.6 Å². The number of carbonyl (C=O) groups is 1. The summed E-state index contributed by atoms with van der Waals surface area (Å²) in [4.78, 5) is 11.1. The van der Waals surface area contributed by atoms with Gasteiger partial charge in [0.05, 0.1) is 5.02 Å². The lowest BCUT2D eigenvalue weighted by atomic mass is 10.0. The second-order valence-corrected chi connectivity index (χ2v) is 3.66. The van der Waals surface area contributed by atoms with Gasteiger partial charge in [-0.2, -0.15) is 0 Å². The number of hydrogen-bond donors (Lipinski definition) is 2. The second kappa shape index (κ2) is 5.18. The van der Waals surface area contributed by atoms with Crippen LogP contribution in [-0.4, -0.2) is 18.2 Å². The largest absolute Gasteiger partial charge is 0.413 e. The lowest BCUT2D eigenvalue weighted by Crippen LogP contribution is -2.35. The molecule has 1 amide bonds. The van der Waals surface area contributed by atoms with E-state index in [1.165, 1.54) is 7.05 Å². The van der Waals surface area contributed by atoms with Crippen LogP contribution in [0.4, 0.5) is 4.79 Å². The molecule has 1 atom stereocenters. The molecule has 0 aliphatic carbocycles. The van der Waals surface area contributed by atoms with Gasteiger partial charge < -0.3 is 15.2 Å². The van der Waals surface area contributed by atoms with Crippen LogP contribution in [0.3, 0.4) is 0 Å². The van der Waals surface area contributed by atoms with E-state index >= 15 is 0 Å². The van der Waals surface area contributed by atoms with E-state index in [0.717, 1.165) is 0 Å². The van der Waals surface area contributed by atoms with Crippen molar-refractivity contribution < 1.29 is 14.6 Å². The molecule has 0 fully saturated rings. The maximum absolute atomic E-state index is 11.1. The highest BCUT2D eigenvalue weighted by molar-refractivity contribution is 6.31. The molecule has 0 saturated heterocycles. The van der Waals surface area contributed by atoms with E-state index in [0.29, 0.717) is 10.6 Å². The lowest BCUT2D eigenvalue weighted by Gasteiger charge is -2.27. The fraction of sp³-hybridized carbons (Fsp3) is 0.364. The zero-order valence-electron chi connectivity index (χ0n) is 9.16. The fourth-order valence-corrected chi connectivity index (χ4v) is 1.58. The Balaban J connectivity index is 3.05. The number of halogens is 1. The molecule has 0 bridgehead atoms. The summed E-state index contributed by atoms with van der Waals surface area (Å²) in [5.74, 6) is -1.70. The number of amides is 1. The molecule has 2 N–H and O–H groups in total. The standard InChI is InChI=1S/C11H14ClNO3/c1-3-11(15,16-10(14)13-2)8-6-4-5-7-9(8)12/h4-7,15H,3H2,1-2H3,(H,13,14)/t11-/m1/s1. The second-order valence-electron chi connectivity index (χ2n) is 3.26. The van der Waals surface area contributed by atoms with E-state index in [-0.39, 0.29) is 6.42 Å². The first kappa shape index (κ1) is 12.8. The van der Waals surface area contributed by atoms with Gasteiger partial charge in [0.15, 0.2) is 0 Å². The van der Waals surface area contributed by atoms with Crippen molar-refractivity contribution in [3.8, 4) is 0 Å². The molecule has 0 radical (unpaired) electrons. The van der Waals surface area contributed by atoms with Crippen LogP contribution in [0.5, 0.6) is 0 Å². The summed E-state index contributed by atoms with van der Waals surface area (Å²) in [6, 6.07) is 6.70. The average molecular weight is 244 g/mol. The minimum Gasteiger partial charge on any atom is -0.413 e. The van der Waals surface area contributed by atoms with E-state index in [9.17, 15) is 9.90 Å². The summed E-state index contributed by atoms with van der Waals surface area (Å²) in [7, 11) is 1.42. The molecule has 16 heavy (non-hydrogen) atoms. The minimum atomic E-state index is -1.70. The number of hydrogen-bond acceptors (Lipinski definition) is 3. The maximum Gasteiger partial charge on any atom is 0.409 e. The molecule has 1 aromatic rings. The Hall–Kier alpha value is -1.26. The Bertz CT molecular complexity index is 383. The highest BCUT2D eigenvalue weighted by atomic mass is 35.5. The quantitative estimate of drug-likeness (QED) is 0.801. The number of aliphatic hydroxyl groups is 1. The summed E-state index contributed by atoms with van der Waals surface area (Å²) in [6.45, 7) is 1.70. The molecule has 1 rings (SSSR count).